The molecule has 37 heavy (non-hydrogen) atoms. The average molecular weight is 533 g/mol. The van der Waals surface area contributed by atoms with Gasteiger partial charge < -0.3 is 14.2 Å². The molecule has 0 spiro atoms. The zero-order valence-corrected chi connectivity index (χ0v) is 22.1. The molecule has 3 aromatic rings. The lowest BCUT2D eigenvalue weighted by atomic mass is 10.1. The highest BCUT2D eigenvalue weighted by Crippen LogP contribution is 2.33. The number of hydrogen-bond donors (Lipinski definition) is 1. The van der Waals surface area contributed by atoms with E-state index >= 15 is 0 Å². The molecule has 1 N–H and O–H groups in total. The number of aryl methyl sites for hydroxylation is 2. The number of benzene rings is 2. The van der Waals surface area contributed by atoms with Gasteiger partial charge in [0.25, 0.3) is 5.91 Å². The van der Waals surface area contributed by atoms with E-state index in [1.54, 1.807) is 42.7 Å². The third-order valence-corrected chi connectivity index (χ3v) is 7.56. The molecule has 0 radical (unpaired) electrons. The van der Waals surface area contributed by atoms with Crippen LogP contribution in [0.25, 0.3) is 6.08 Å². The van der Waals surface area contributed by atoms with Crippen LogP contribution in [0, 0.1) is 19.3 Å². The summed E-state index contributed by atoms with van der Waals surface area (Å²) in [6.45, 7) is 4.78. The van der Waals surface area contributed by atoms with Gasteiger partial charge in [0.15, 0.2) is 17.3 Å². The van der Waals surface area contributed by atoms with E-state index in [0.29, 0.717) is 35.4 Å². The number of carbonyl (C=O) groups excluding carboxylic acids is 1. The highest BCUT2D eigenvalue weighted by molar-refractivity contribution is 8.27. The third kappa shape index (κ3) is 5.30. The molecule has 0 saturated heterocycles. The molecule has 2 aromatic carbocycles. The lowest BCUT2D eigenvalue weighted by Gasteiger charge is -2.20. The van der Waals surface area contributed by atoms with Gasteiger partial charge in [0, 0.05) is 0 Å². The normalized spacial score (nSPS) is 16.0. The first-order valence-corrected chi connectivity index (χ1v) is 13.2. The summed E-state index contributed by atoms with van der Waals surface area (Å²) in [4.78, 5) is 17.9. The second-order valence-electron chi connectivity index (χ2n) is 8.28. The lowest BCUT2D eigenvalue weighted by molar-refractivity contribution is -0.114. The van der Waals surface area contributed by atoms with Crippen molar-refractivity contribution >= 4 is 51.1 Å². The van der Waals surface area contributed by atoms with Crippen LogP contribution in [-0.2, 0) is 4.79 Å². The average Bonchev–Trinajstić information content (AvgIpc) is 3.56. The first-order valence-electron chi connectivity index (χ1n) is 11.5. The van der Waals surface area contributed by atoms with E-state index in [2.05, 4.69) is 16.2 Å². The molecule has 0 fully saturated rings. The highest BCUT2D eigenvalue weighted by atomic mass is 32.2. The van der Waals surface area contributed by atoms with Crippen molar-refractivity contribution in [3.8, 4) is 17.2 Å². The van der Waals surface area contributed by atoms with Crippen molar-refractivity contribution in [2.24, 2.45) is 10.1 Å². The topological polar surface area (TPSA) is 96.6 Å². The number of carbonyl (C=O) groups is 1. The number of nitrogens with zero attached hydrogens (tertiary/aromatic N) is 3. The van der Waals surface area contributed by atoms with Crippen molar-refractivity contribution < 1.29 is 19.0 Å². The number of amides is 1. The SMILES string of the molecule is COc1cc(C=C2C(=N)N3N=C(c4cccs4)SC3=NC2=O)ccc1OCCOc1ccc(C)cc1C. The smallest absolute Gasteiger partial charge is 0.283 e. The van der Waals surface area contributed by atoms with E-state index in [-0.39, 0.29) is 11.4 Å². The first kappa shape index (κ1) is 24.8. The van der Waals surface area contributed by atoms with E-state index < -0.39 is 5.91 Å². The number of hydrogen-bond acceptors (Lipinski definition) is 8. The summed E-state index contributed by atoms with van der Waals surface area (Å²) in [6.07, 6.45) is 1.61. The predicted octanol–water partition coefficient (Wildman–Crippen LogP) is 5.50. The van der Waals surface area contributed by atoms with E-state index in [1.165, 1.54) is 22.3 Å². The van der Waals surface area contributed by atoms with Gasteiger partial charge >= 0.3 is 0 Å². The van der Waals surface area contributed by atoms with Crippen LogP contribution in [0.4, 0.5) is 0 Å². The Morgan fingerprint density at radius 3 is 2.54 bits per heavy atom. The summed E-state index contributed by atoms with van der Waals surface area (Å²) in [6, 6.07) is 15.3. The number of fused-ring (bicyclic) bond motifs is 1. The quantitative estimate of drug-likeness (QED) is 0.304. The van der Waals surface area contributed by atoms with Crippen LogP contribution in [-0.4, -0.2) is 47.3 Å². The van der Waals surface area contributed by atoms with Crippen molar-refractivity contribution in [1.82, 2.24) is 5.01 Å². The van der Waals surface area contributed by atoms with Crippen molar-refractivity contribution in [3.63, 3.8) is 0 Å². The number of ether oxygens (including phenoxy) is 3. The number of nitrogens with one attached hydrogen (secondary N) is 1. The predicted molar refractivity (Wildman–Crippen MR) is 148 cm³/mol. The maximum Gasteiger partial charge on any atom is 0.283 e. The molecule has 5 rings (SSSR count). The Morgan fingerprint density at radius 2 is 1.81 bits per heavy atom. The summed E-state index contributed by atoms with van der Waals surface area (Å²) < 4.78 is 17.2. The first-order chi connectivity index (χ1) is 17.9. The lowest BCUT2D eigenvalue weighted by Crippen LogP contribution is -2.35. The fraction of sp³-hybridized carbons (Fsp3) is 0.185. The number of thiophene rings is 1. The van der Waals surface area contributed by atoms with Gasteiger partial charge in [0.1, 0.15) is 24.0 Å². The molecule has 10 heteroatoms. The van der Waals surface area contributed by atoms with Gasteiger partial charge in [-0.3, -0.25) is 10.2 Å². The Labute approximate surface area is 222 Å². The molecule has 8 nitrogen and oxygen atoms in total. The standard InChI is InChI=1S/C27H24N4O4S2/c1-16-6-8-20(17(2)13-16)34-10-11-35-21-9-7-18(15-22(21)33-3)14-19-24(28)31-27(29-25(19)32)37-26(30-31)23-5-4-12-36-23/h4-9,12-15,28H,10-11H2,1-3H3. The molecule has 188 valence electrons. The summed E-state index contributed by atoms with van der Waals surface area (Å²) in [5.74, 6) is 1.40. The Kier molecular flexibility index (Phi) is 7.11. The summed E-state index contributed by atoms with van der Waals surface area (Å²) in [5.41, 5.74) is 3.10. The molecule has 0 bridgehead atoms. The van der Waals surface area contributed by atoms with Crippen LogP contribution < -0.4 is 14.2 Å². The van der Waals surface area contributed by atoms with Crippen molar-refractivity contribution in [1.29, 1.82) is 5.41 Å². The molecule has 0 atom stereocenters. The number of amidine groups is 2. The summed E-state index contributed by atoms with van der Waals surface area (Å²) in [7, 11) is 1.55. The van der Waals surface area contributed by atoms with Gasteiger partial charge in [-0.2, -0.15) is 15.1 Å². The maximum absolute atomic E-state index is 12.7. The zero-order valence-electron chi connectivity index (χ0n) is 20.5. The molecular weight excluding hydrogens is 508 g/mol. The molecule has 1 amide bonds. The Hall–Kier alpha value is -3.89. The maximum atomic E-state index is 12.7. The van der Waals surface area contributed by atoms with Gasteiger partial charge in [-0.15, -0.1) is 11.3 Å². The fourth-order valence-corrected chi connectivity index (χ4v) is 5.50. The number of methoxy groups -OCH3 is 1. The number of hydrazone groups is 1. The van der Waals surface area contributed by atoms with Gasteiger partial charge in [-0.05, 0) is 72.5 Å². The summed E-state index contributed by atoms with van der Waals surface area (Å²) >= 11 is 2.83. The van der Waals surface area contributed by atoms with Crippen LogP contribution in [0.2, 0.25) is 0 Å². The minimum atomic E-state index is -0.478. The van der Waals surface area contributed by atoms with Crippen LogP contribution in [0.3, 0.4) is 0 Å². The fourth-order valence-electron chi connectivity index (χ4n) is 3.82. The van der Waals surface area contributed by atoms with Gasteiger partial charge in [-0.25, -0.2) is 0 Å². The Morgan fingerprint density at radius 1 is 1.03 bits per heavy atom. The van der Waals surface area contributed by atoms with Crippen LogP contribution in [0.1, 0.15) is 21.6 Å². The molecule has 0 aliphatic carbocycles. The number of rotatable bonds is 8. The Balaban J connectivity index is 1.27. The van der Waals surface area contributed by atoms with Crippen LogP contribution in [0.15, 0.2) is 69.6 Å². The minimum Gasteiger partial charge on any atom is -0.493 e. The third-order valence-electron chi connectivity index (χ3n) is 5.61. The van der Waals surface area contributed by atoms with Crippen molar-refractivity contribution in [2.45, 2.75) is 13.8 Å². The molecule has 2 aliphatic heterocycles. The van der Waals surface area contributed by atoms with E-state index in [9.17, 15) is 4.79 Å². The molecular formula is C27H24N4O4S2. The highest BCUT2D eigenvalue weighted by Gasteiger charge is 2.36. The molecule has 2 aliphatic rings. The van der Waals surface area contributed by atoms with E-state index in [1.807, 2.05) is 43.5 Å². The zero-order chi connectivity index (χ0) is 25.9. The van der Waals surface area contributed by atoms with E-state index in [0.717, 1.165) is 21.2 Å². The van der Waals surface area contributed by atoms with Crippen molar-refractivity contribution in [3.05, 3.63) is 81.1 Å². The molecule has 0 saturated carbocycles. The van der Waals surface area contributed by atoms with Gasteiger partial charge in [0.05, 0.1) is 17.6 Å². The van der Waals surface area contributed by atoms with Gasteiger partial charge in [-0.1, -0.05) is 29.8 Å². The second-order valence-corrected chi connectivity index (χ2v) is 10.2. The second kappa shape index (κ2) is 10.6. The van der Waals surface area contributed by atoms with Crippen molar-refractivity contribution in [2.75, 3.05) is 20.3 Å². The molecule has 0 unspecified atom stereocenters. The summed E-state index contributed by atoms with van der Waals surface area (Å²) in [5, 5.41) is 17.6. The Bertz CT molecular complexity index is 1460. The van der Waals surface area contributed by atoms with Gasteiger partial charge in [0.2, 0.25) is 5.17 Å². The van der Waals surface area contributed by atoms with Crippen LogP contribution in [0.5, 0.6) is 17.2 Å². The molecule has 1 aromatic heterocycles. The molecule has 3 heterocycles. The monoisotopic (exact) mass is 532 g/mol. The van der Waals surface area contributed by atoms with Crippen LogP contribution >= 0.6 is 23.1 Å². The minimum absolute atomic E-state index is 0.0168. The van der Waals surface area contributed by atoms with E-state index in [4.69, 9.17) is 19.6 Å². The largest absolute Gasteiger partial charge is 0.493 e. The number of aliphatic imine (C=N–C) groups is 1. The number of thioether (sulfide) groups is 1.